The van der Waals surface area contributed by atoms with Crippen LogP contribution < -0.4 is 5.32 Å². The van der Waals surface area contributed by atoms with Crippen molar-refractivity contribution in [3.8, 4) is 0 Å². The minimum atomic E-state index is -0.953. The predicted molar refractivity (Wildman–Crippen MR) is 62.1 cm³/mol. The van der Waals surface area contributed by atoms with Crippen molar-refractivity contribution in [1.82, 2.24) is 5.32 Å². The molecule has 0 aliphatic heterocycles. The smallest absolute Gasteiger partial charge is 0.326 e. The van der Waals surface area contributed by atoms with Gasteiger partial charge in [0.2, 0.25) is 5.91 Å². The molecule has 0 saturated carbocycles. The molecule has 0 bridgehead atoms. The molecule has 0 rings (SSSR count). The maximum absolute atomic E-state index is 11.3. The highest BCUT2D eigenvalue weighted by atomic mass is 32.2. The molecule has 0 spiro atoms. The van der Waals surface area contributed by atoms with Gasteiger partial charge in [0.05, 0.1) is 5.75 Å². The molecule has 0 aromatic rings. The maximum Gasteiger partial charge on any atom is 0.326 e. The van der Waals surface area contributed by atoms with Crippen LogP contribution >= 0.6 is 11.8 Å². The van der Waals surface area contributed by atoms with E-state index >= 15 is 0 Å². The van der Waals surface area contributed by atoms with Crippen molar-refractivity contribution in [2.24, 2.45) is 0 Å². The molecule has 88 valence electrons. The SMILES string of the molecule is CCCSCC(=O)NC(CCC)C(=O)O. The average molecular weight is 233 g/mol. The minimum Gasteiger partial charge on any atom is -0.480 e. The molecule has 1 atom stereocenters. The Morgan fingerprint density at radius 1 is 1.33 bits per heavy atom. The van der Waals surface area contributed by atoms with E-state index in [0.717, 1.165) is 18.6 Å². The summed E-state index contributed by atoms with van der Waals surface area (Å²) in [5.41, 5.74) is 0. The van der Waals surface area contributed by atoms with Crippen molar-refractivity contribution in [3.05, 3.63) is 0 Å². The van der Waals surface area contributed by atoms with Crippen LogP contribution in [0.15, 0.2) is 0 Å². The van der Waals surface area contributed by atoms with Crippen LogP contribution in [-0.2, 0) is 9.59 Å². The lowest BCUT2D eigenvalue weighted by Gasteiger charge is -2.12. The summed E-state index contributed by atoms with van der Waals surface area (Å²) in [6, 6.07) is -0.732. The van der Waals surface area contributed by atoms with Crippen LogP contribution in [0.2, 0.25) is 0 Å². The highest BCUT2D eigenvalue weighted by molar-refractivity contribution is 7.99. The lowest BCUT2D eigenvalue weighted by molar-refractivity contribution is -0.141. The quantitative estimate of drug-likeness (QED) is 0.623. The number of carbonyl (C=O) groups is 2. The van der Waals surface area contributed by atoms with Crippen LogP contribution in [-0.4, -0.2) is 34.5 Å². The fraction of sp³-hybridized carbons (Fsp3) is 0.800. The van der Waals surface area contributed by atoms with Crippen LogP contribution in [0.1, 0.15) is 33.1 Å². The lowest BCUT2D eigenvalue weighted by Crippen LogP contribution is -2.41. The fourth-order valence-electron chi connectivity index (χ4n) is 1.09. The zero-order valence-corrected chi connectivity index (χ0v) is 10.1. The summed E-state index contributed by atoms with van der Waals surface area (Å²) < 4.78 is 0. The van der Waals surface area contributed by atoms with Crippen LogP contribution in [0.25, 0.3) is 0 Å². The molecule has 4 nitrogen and oxygen atoms in total. The van der Waals surface area contributed by atoms with Crippen LogP contribution in [0.5, 0.6) is 0 Å². The van der Waals surface area contributed by atoms with Gasteiger partial charge in [0.25, 0.3) is 0 Å². The van der Waals surface area contributed by atoms with Gasteiger partial charge in [0.1, 0.15) is 6.04 Å². The average Bonchev–Trinajstić information content (AvgIpc) is 2.17. The molecule has 0 fully saturated rings. The van der Waals surface area contributed by atoms with Gasteiger partial charge < -0.3 is 10.4 Å². The molecule has 1 unspecified atom stereocenters. The first-order valence-corrected chi connectivity index (χ1v) is 6.37. The third-order valence-electron chi connectivity index (χ3n) is 1.79. The number of thioether (sulfide) groups is 1. The molecule has 1 amide bonds. The van der Waals surface area contributed by atoms with Gasteiger partial charge in [-0.2, -0.15) is 11.8 Å². The zero-order valence-electron chi connectivity index (χ0n) is 9.28. The first-order valence-electron chi connectivity index (χ1n) is 5.21. The van der Waals surface area contributed by atoms with E-state index in [1.54, 1.807) is 0 Å². The summed E-state index contributed by atoms with van der Waals surface area (Å²) in [6.07, 6.45) is 2.26. The van der Waals surface area contributed by atoms with Gasteiger partial charge in [-0.3, -0.25) is 4.79 Å². The molecule has 0 heterocycles. The summed E-state index contributed by atoms with van der Waals surface area (Å²) in [5.74, 6) is 0.139. The molecule has 0 aromatic carbocycles. The Bertz CT molecular complexity index is 209. The van der Waals surface area contributed by atoms with Gasteiger partial charge in [-0.1, -0.05) is 20.3 Å². The van der Waals surface area contributed by atoms with Gasteiger partial charge >= 0.3 is 5.97 Å². The summed E-state index contributed by atoms with van der Waals surface area (Å²) in [4.78, 5) is 22.0. The molecular weight excluding hydrogens is 214 g/mol. The summed E-state index contributed by atoms with van der Waals surface area (Å²) in [7, 11) is 0. The van der Waals surface area contributed by atoms with Crippen molar-refractivity contribution in [1.29, 1.82) is 0 Å². The monoisotopic (exact) mass is 233 g/mol. The number of hydrogen-bond acceptors (Lipinski definition) is 3. The Morgan fingerprint density at radius 2 is 2.00 bits per heavy atom. The third-order valence-corrected chi connectivity index (χ3v) is 2.96. The minimum absolute atomic E-state index is 0.186. The second-order valence-electron chi connectivity index (χ2n) is 3.30. The third kappa shape index (κ3) is 7.25. The number of carboxylic acids is 1. The van der Waals surface area contributed by atoms with Gasteiger partial charge in [-0.25, -0.2) is 4.79 Å². The van der Waals surface area contributed by atoms with Crippen molar-refractivity contribution in [3.63, 3.8) is 0 Å². The Labute approximate surface area is 94.8 Å². The number of hydrogen-bond donors (Lipinski definition) is 2. The van der Waals surface area contributed by atoms with E-state index in [9.17, 15) is 9.59 Å². The number of amides is 1. The molecule has 5 heteroatoms. The number of carbonyl (C=O) groups excluding carboxylic acids is 1. The Balaban J connectivity index is 3.84. The van der Waals surface area contributed by atoms with E-state index in [-0.39, 0.29) is 5.91 Å². The maximum atomic E-state index is 11.3. The topological polar surface area (TPSA) is 66.4 Å². The highest BCUT2D eigenvalue weighted by Crippen LogP contribution is 2.02. The Morgan fingerprint density at radius 3 is 2.47 bits per heavy atom. The summed E-state index contributed by atoms with van der Waals surface area (Å²) in [6.45, 7) is 3.94. The van der Waals surface area contributed by atoms with E-state index in [1.165, 1.54) is 11.8 Å². The Hall–Kier alpha value is -0.710. The van der Waals surface area contributed by atoms with Gasteiger partial charge in [-0.15, -0.1) is 0 Å². The van der Waals surface area contributed by atoms with E-state index in [4.69, 9.17) is 5.11 Å². The molecule has 0 aliphatic carbocycles. The standard InChI is InChI=1S/C10H19NO3S/c1-3-5-8(10(13)14)11-9(12)7-15-6-4-2/h8H,3-7H2,1-2H3,(H,11,12)(H,13,14). The van der Waals surface area contributed by atoms with Crippen molar-refractivity contribution < 1.29 is 14.7 Å². The molecule has 15 heavy (non-hydrogen) atoms. The number of rotatable bonds is 8. The second kappa shape index (κ2) is 8.59. The van der Waals surface area contributed by atoms with E-state index in [0.29, 0.717) is 12.2 Å². The highest BCUT2D eigenvalue weighted by Gasteiger charge is 2.18. The molecule has 2 N–H and O–H groups in total. The van der Waals surface area contributed by atoms with Crippen LogP contribution in [0, 0.1) is 0 Å². The normalized spacial score (nSPS) is 12.1. The second-order valence-corrected chi connectivity index (χ2v) is 4.40. The summed E-state index contributed by atoms with van der Waals surface area (Å²) in [5, 5.41) is 11.3. The van der Waals surface area contributed by atoms with Gasteiger partial charge in [0.15, 0.2) is 0 Å². The van der Waals surface area contributed by atoms with E-state index < -0.39 is 12.0 Å². The van der Waals surface area contributed by atoms with Crippen molar-refractivity contribution >= 4 is 23.6 Å². The van der Waals surface area contributed by atoms with E-state index in [2.05, 4.69) is 5.32 Å². The predicted octanol–water partition coefficient (Wildman–Crippen LogP) is 1.50. The van der Waals surface area contributed by atoms with Crippen LogP contribution in [0.4, 0.5) is 0 Å². The first-order chi connectivity index (χ1) is 7.11. The largest absolute Gasteiger partial charge is 0.480 e. The van der Waals surface area contributed by atoms with Gasteiger partial charge in [-0.05, 0) is 18.6 Å². The number of aliphatic carboxylic acids is 1. The number of carboxylic acid groups (broad SMARTS) is 1. The van der Waals surface area contributed by atoms with Crippen LogP contribution in [0.3, 0.4) is 0 Å². The van der Waals surface area contributed by atoms with E-state index in [1.807, 2.05) is 13.8 Å². The summed E-state index contributed by atoms with van der Waals surface area (Å²) >= 11 is 1.53. The van der Waals surface area contributed by atoms with Crippen molar-refractivity contribution in [2.45, 2.75) is 39.2 Å². The number of nitrogens with one attached hydrogen (secondary N) is 1. The molecule has 0 radical (unpaired) electrons. The van der Waals surface area contributed by atoms with Crippen molar-refractivity contribution in [2.75, 3.05) is 11.5 Å². The molecule has 0 aromatic heterocycles. The lowest BCUT2D eigenvalue weighted by atomic mass is 10.2. The fourth-order valence-corrected chi connectivity index (χ4v) is 1.79. The molecule has 0 saturated heterocycles. The van der Waals surface area contributed by atoms with Gasteiger partial charge in [0, 0.05) is 0 Å². The molecule has 0 aliphatic rings. The first kappa shape index (κ1) is 14.3. The zero-order chi connectivity index (χ0) is 11.7. The Kier molecular flexibility index (Phi) is 8.18. The molecular formula is C10H19NO3S.